The van der Waals surface area contributed by atoms with Gasteiger partial charge in [0, 0.05) is 18.1 Å². The number of amides is 1. The van der Waals surface area contributed by atoms with E-state index in [9.17, 15) is 4.79 Å². The van der Waals surface area contributed by atoms with Crippen LogP contribution < -0.4 is 10.6 Å². The summed E-state index contributed by atoms with van der Waals surface area (Å²) in [5, 5.41) is 10.8. The number of carbonyl (C=O) groups excluding carboxylic acids is 1. The SMILES string of the molecule is Cc1cccc(NC(=O)C2(n3cccn3)CCNCC2)c1C.Cl. The molecule has 3 rings (SSSR count). The summed E-state index contributed by atoms with van der Waals surface area (Å²) < 4.78 is 1.81. The molecule has 0 unspecified atom stereocenters. The number of piperidine rings is 1. The number of nitrogens with zero attached hydrogens (tertiary/aromatic N) is 2. The number of carbonyl (C=O) groups is 1. The Morgan fingerprint density at radius 3 is 2.65 bits per heavy atom. The first-order chi connectivity index (χ1) is 10.6. The molecule has 6 heteroatoms. The van der Waals surface area contributed by atoms with E-state index in [1.807, 2.05) is 36.0 Å². The molecule has 23 heavy (non-hydrogen) atoms. The third-order valence-corrected chi connectivity index (χ3v) is 4.65. The molecule has 1 aromatic heterocycles. The fourth-order valence-electron chi connectivity index (χ4n) is 3.05. The van der Waals surface area contributed by atoms with Gasteiger partial charge in [-0.2, -0.15) is 5.10 Å². The summed E-state index contributed by atoms with van der Waals surface area (Å²) in [6.07, 6.45) is 5.10. The average Bonchev–Trinajstić information content (AvgIpc) is 3.07. The van der Waals surface area contributed by atoms with Crippen LogP contribution in [0.1, 0.15) is 24.0 Å². The highest BCUT2D eigenvalue weighted by molar-refractivity contribution is 5.97. The van der Waals surface area contributed by atoms with E-state index in [1.54, 1.807) is 6.20 Å². The fraction of sp³-hybridized carbons (Fsp3) is 0.412. The van der Waals surface area contributed by atoms with Crippen LogP contribution in [0.3, 0.4) is 0 Å². The van der Waals surface area contributed by atoms with E-state index < -0.39 is 5.54 Å². The van der Waals surface area contributed by atoms with E-state index >= 15 is 0 Å². The predicted octanol–water partition coefficient (Wildman–Crippen LogP) is 2.64. The van der Waals surface area contributed by atoms with Crippen LogP contribution in [0.15, 0.2) is 36.7 Å². The fourth-order valence-corrected chi connectivity index (χ4v) is 3.05. The van der Waals surface area contributed by atoms with Gasteiger partial charge in [0.2, 0.25) is 0 Å². The van der Waals surface area contributed by atoms with Crippen molar-refractivity contribution < 1.29 is 4.79 Å². The Bertz CT molecular complexity index is 663. The van der Waals surface area contributed by atoms with E-state index in [-0.39, 0.29) is 18.3 Å². The molecule has 0 aliphatic carbocycles. The minimum absolute atomic E-state index is 0. The van der Waals surface area contributed by atoms with Crippen LogP contribution in [-0.2, 0) is 10.3 Å². The van der Waals surface area contributed by atoms with Gasteiger partial charge in [0.25, 0.3) is 5.91 Å². The summed E-state index contributed by atoms with van der Waals surface area (Å²) in [4.78, 5) is 13.1. The van der Waals surface area contributed by atoms with E-state index in [0.29, 0.717) is 0 Å². The van der Waals surface area contributed by atoms with Gasteiger partial charge in [0.05, 0.1) is 0 Å². The van der Waals surface area contributed by atoms with Crippen molar-refractivity contribution >= 4 is 24.0 Å². The molecule has 2 N–H and O–H groups in total. The molecule has 1 aromatic carbocycles. The standard InChI is InChI=1S/C17H22N4O.ClH/c1-13-5-3-6-15(14(13)2)20-16(22)17(7-10-18-11-8-17)21-12-4-9-19-21;/h3-6,9,12,18H,7-8,10-11H2,1-2H3,(H,20,22);1H. The maximum absolute atomic E-state index is 13.1. The van der Waals surface area contributed by atoms with Gasteiger partial charge in [-0.15, -0.1) is 12.4 Å². The molecular formula is C17H23ClN4O. The Morgan fingerprint density at radius 2 is 2.00 bits per heavy atom. The number of hydrogen-bond acceptors (Lipinski definition) is 3. The molecule has 1 aliphatic rings. The summed E-state index contributed by atoms with van der Waals surface area (Å²) in [6, 6.07) is 7.85. The Labute approximate surface area is 142 Å². The van der Waals surface area contributed by atoms with Crippen molar-refractivity contribution in [2.75, 3.05) is 18.4 Å². The molecule has 1 aliphatic heterocycles. The first-order valence-corrected chi connectivity index (χ1v) is 7.72. The molecule has 2 heterocycles. The first kappa shape index (κ1) is 17.5. The third kappa shape index (κ3) is 3.26. The van der Waals surface area contributed by atoms with Crippen LogP contribution in [0.5, 0.6) is 0 Å². The second-order valence-corrected chi connectivity index (χ2v) is 5.93. The number of rotatable bonds is 3. The average molecular weight is 335 g/mol. The molecule has 5 nitrogen and oxygen atoms in total. The normalized spacial score (nSPS) is 16.4. The van der Waals surface area contributed by atoms with Gasteiger partial charge in [0.1, 0.15) is 5.54 Å². The smallest absolute Gasteiger partial charge is 0.252 e. The molecule has 1 saturated heterocycles. The Kier molecular flexibility index (Phi) is 5.44. The van der Waals surface area contributed by atoms with Gasteiger partial charge in [-0.1, -0.05) is 12.1 Å². The Morgan fingerprint density at radius 1 is 1.26 bits per heavy atom. The highest BCUT2D eigenvalue weighted by Gasteiger charge is 2.42. The van der Waals surface area contributed by atoms with Crippen LogP contribution in [0.4, 0.5) is 5.69 Å². The number of hydrogen-bond donors (Lipinski definition) is 2. The largest absolute Gasteiger partial charge is 0.324 e. The van der Waals surface area contributed by atoms with Crippen molar-refractivity contribution in [3.05, 3.63) is 47.8 Å². The van der Waals surface area contributed by atoms with Crippen molar-refractivity contribution in [3.63, 3.8) is 0 Å². The molecule has 124 valence electrons. The van der Waals surface area contributed by atoms with Gasteiger partial charge in [-0.05, 0) is 63.0 Å². The molecule has 1 fully saturated rings. The lowest BCUT2D eigenvalue weighted by Gasteiger charge is -2.36. The van der Waals surface area contributed by atoms with E-state index in [4.69, 9.17) is 0 Å². The van der Waals surface area contributed by atoms with Crippen LogP contribution >= 0.6 is 12.4 Å². The van der Waals surface area contributed by atoms with Crippen molar-refractivity contribution in [3.8, 4) is 0 Å². The number of halogens is 1. The molecule has 0 bridgehead atoms. The Balaban J connectivity index is 0.00000192. The highest BCUT2D eigenvalue weighted by atomic mass is 35.5. The van der Waals surface area contributed by atoms with Crippen molar-refractivity contribution in [1.82, 2.24) is 15.1 Å². The molecule has 2 aromatic rings. The molecule has 0 radical (unpaired) electrons. The van der Waals surface area contributed by atoms with Gasteiger partial charge in [0.15, 0.2) is 0 Å². The first-order valence-electron chi connectivity index (χ1n) is 7.72. The third-order valence-electron chi connectivity index (χ3n) is 4.65. The molecule has 1 amide bonds. The summed E-state index contributed by atoms with van der Waals surface area (Å²) in [7, 11) is 0. The summed E-state index contributed by atoms with van der Waals surface area (Å²) in [5.41, 5.74) is 2.57. The van der Waals surface area contributed by atoms with Crippen LogP contribution in [-0.4, -0.2) is 28.8 Å². The maximum Gasteiger partial charge on any atom is 0.252 e. The van der Waals surface area contributed by atoms with Crippen LogP contribution in [0.25, 0.3) is 0 Å². The lowest BCUT2D eigenvalue weighted by molar-refractivity contribution is -0.126. The number of anilines is 1. The number of nitrogens with one attached hydrogen (secondary N) is 2. The topological polar surface area (TPSA) is 59.0 Å². The molecule has 0 atom stereocenters. The van der Waals surface area contributed by atoms with Gasteiger partial charge < -0.3 is 10.6 Å². The predicted molar refractivity (Wildman–Crippen MR) is 94.1 cm³/mol. The number of benzene rings is 1. The van der Waals surface area contributed by atoms with Crippen LogP contribution in [0, 0.1) is 13.8 Å². The Hall–Kier alpha value is -1.85. The minimum Gasteiger partial charge on any atom is -0.324 e. The second-order valence-electron chi connectivity index (χ2n) is 5.93. The highest BCUT2D eigenvalue weighted by Crippen LogP contribution is 2.29. The summed E-state index contributed by atoms with van der Waals surface area (Å²) in [5.74, 6) is 0.0198. The van der Waals surface area contributed by atoms with E-state index in [1.165, 1.54) is 5.56 Å². The molecular weight excluding hydrogens is 312 g/mol. The van der Waals surface area contributed by atoms with Crippen molar-refractivity contribution in [2.45, 2.75) is 32.2 Å². The monoisotopic (exact) mass is 334 g/mol. The second kappa shape index (κ2) is 7.15. The molecule has 0 saturated carbocycles. The number of aromatic nitrogens is 2. The van der Waals surface area contributed by atoms with Gasteiger partial charge in [-0.3, -0.25) is 9.48 Å². The van der Waals surface area contributed by atoms with Gasteiger partial charge >= 0.3 is 0 Å². The van der Waals surface area contributed by atoms with Gasteiger partial charge in [-0.25, -0.2) is 0 Å². The van der Waals surface area contributed by atoms with E-state index in [2.05, 4.69) is 28.7 Å². The quantitative estimate of drug-likeness (QED) is 0.907. The number of aryl methyl sites for hydroxylation is 1. The summed E-state index contributed by atoms with van der Waals surface area (Å²) in [6.45, 7) is 5.73. The zero-order valence-corrected chi connectivity index (χ0v) is 14.3. The van der Waals surface area contributed by atoms with Crippen LogP contribution in [0.2, 0.25) is 0 Å². The summed E-state index contributed by atoms with van der Waals surface area (Å²) >= 11 is 0. The van der Waals surface area contributed by atoms with Crippen molar-refractivity contribution in [1.29, 1.82) is 0 Å². The minimum atomic E-state index is -0.606. The van der Waals surface area contributed by atoms with E-state index in [0.717, 1.165) is 37.2 Å². The van der Waals surface area contributed by atoms with Crippen molar-refractivity contribution in [2.24, 2.45) is 0 Å². The maximum atomic E-state index is 13.1. The zero-order valence-electron chi connectivity index (χ0n) is 13.5. The zero-order chi connectivity index (χ0) is 15.6. The molecule has 0 spiro atoms. The lowest BCUT2D eigenvalue weighted by atomic mass is 9.87. The lowest BCUT2D eigenvalue weighted by Crippen LogP contribution is -2.52.